The summed E-state index contributed by atoms with van der Waals surface area (Å²) in [6.45, 7) is 5.43. The summed E-state index contributed by atoms with van der Waals surface area (Å²) < 4.78 is 7.97. The summed E-state index contributed by atoms with van der Waals surface area (Å²) >= 11 is 1.61. The van der Waals surface area contributed by atoms with Crippen molar-refractivity contribution in [1.82, 2.24) is 14.5 Å². The largest absolute Gasteiger partial charge is 0.381 e. The van der Waals surface area contributed by atoms with Crippen LogP contribution in [0.4, 0.5) is 17.3 Å². The molecule has 5 rings (SSSR count). The molecule has 0 bridgehead atoms. The number of ether oxygens (including phenoxy) is 1. The molecule has 1 aliphatic heterocycles. The number of benzene rings is 2. The van der Waals surface area contributed by atoms with Gasteiger partial charge in [0.25, 0.3) is 5.56 Å². The van der Waals surface area contributed by atoms with Gasteiger partial charge in [-0.1, -0.05) is 29.8 Å². The molecule has 8 nitrogen and oxygen atoms in total. The van der Waals surface area contributed by atoms with Crippen LogP contribution in [-0.4, -0.2) is 33.7 Å². The summed E-state index contributed by atoms with van der Waals surface area (Å²) in [5.41, 5.74) is 3.72. The number of amides is 1. The molecule has 1 amide bonds. The van der Waals surface area contributed by atoms with Crippen LogP contribution in [0.2, 0.25) is 0 Å². The lowest BCUT2D eigenvalue weighted by atomic mass is 9.99. The number of carbonyl (C=O) groups excluding carboxylic acids is 1. The highest BCUT2D eigenvalue weighted by Crippen LogP contribution is 2.26. The number of fused-ring (bicyclic) bond motifs is 1. The average molecular weight is 490 g/mol. The summed E-state index contributed by atoms with van der Waals surface area (Å²) in [5, 5.41) is 7.10. The molecule has 0 radical (unpaired) electrons. The zero-order chi connectivity index (χ0) is 24.4. The minimum Gasteiger partial charge on any atom is -0.381 e. The first kappa shape index (κ1) is 23.2. The van der Waals surface area contributed by atoms with E-state index in [1.165, 1.54) is 6.20 Å². The van der Waals surface area contributed by atoms with E-state index in [-0.39, 0.29) is 23.1 Å². The molecule has 4 aromatic rings. The Morgan fingerprint density at radius 2 is 1.91 bits per heavy atom. The van der Waals surface area contributed by atoms with Crippen molar-refractivity contribution in [3.8, 4) is 0 Å². The van der Waals surface area contributed by atoms with Crippen LogP contribution in [0.1, 0.15) is 29.0 Å². The van der Waals surface area contributed by atoms with Crippen LogP contribution in [0.15, 0.2) is 53.5 Å². The van der Waals surface area contributed by atoms with E-state index >= 15 is 0 Å². The van der Waals surface area contributed by atoms with Gasteiger partial charge in [-0.15, -0.1) is 11.3 Å². The lowest BCUT2D eigenvalue weighted by Gasteiger charge is -2.21. The van der Waals surface area contributed by atoms with Gasteiger partial charge in [-0.05, 0) is 50.5 Å². The Hall–Kier alpha value is -3.56. The fraction of sp³-hybridized carbons (Fsp3) is 0.308. The lowest BCUT2D eigenvalue weighted by molar-refractivity contribution is -0.122. The molecule has 9 heteroatoms. The Balaban J connectivity index is 1.47. The van der Waals surface area contributed by atoms with E-state index in [2.05, 4.69) is 20.6 Å². The molecular weight excluding hydrogens is 462 g/mol. The summed E-state index contributed by atoms with van der Waals surface area (Å²) in [6.07, 6.45) is 2.73. The van der Waals surface area contributed by atoms with Gasteiger partial charge in [0.05, 0.1) is 28.0 Å². The highest BCUT2D eigenvalue weighted by Gasteiger charge is 2.23. The topological polar surface area (TPSA) is 98.1 Å². The number of carbonyl (C=O) groups is 1. The third kappa shape index (κ3) is 5.26. The van der Waals surface area contributed by atoms with Crippen LogP contribution in [0.5, 0.6) is 0 Å². The second kappa shape index (κ2) is 9.97. The number of rotatable bonds is 6. The Labute approximate surface area is 207 Å². The fourth-order valence-corrected chi connectivity index (χ4v) is 5.01. The Morgan fingerprint density at radius 1 is 1.14 bits per heavy atom. The van der Waals surface area contributed by atoms with Crippen molar-refractivity contribution in [1.29, 1.82) is 0 Å². The van der Waals surface area contributed by atoms with Gasteiger partial charge in [-0.3, -0.25) is 14.2 Å². The van der Waals surface area contributed by atoms with Crippen molar-refractivity contribution in [2.24, 2.45) is 5.92 Å². The third-order valence-electron chi connectivity index (χ3n) is 6.11. The predicted molar refractivity (Wildman–Crippen MR) is 139 cm³/mol. The number of thiazole rings is 1. The zero-order valence-corrected chi connectivity index (χ0v) is 20.5. The Bertz CT molecular complexity index is 1420. The van der Waals surface area contributed by atoms with E-state index in [1.54, 1.807) is 15.9 Å². The number of aryl methyl sites for hydroxylation is 2. The van der Waals surface area contributed by atoms with E-state index in [0.717, 1.165) is 32.0 Å². The van der Waals surface area contributed by atoms with E-state index in [0.29, 0.717) is 38.5 Å². The molecule has 3 heterocycles. The average Bonchev–Trinajstić information content (AvgIpc) is 3.24. The van der Waals surface area contributed by atoms with Crippen molar-refractivity contribution in [2.75, 3.05) is 23.8 Å². The molecule has 1 fully saturated rings. The number of nitrogens with zero attached hydrogens (tertiary/aromatic N) is 3. The predicted octanol–water partition coefficient (Wildman–Crippen LogP) is 4.63. The standard InChI is InChI=1S/C26H27N5O3S/c1-16-3-5-18(6-4-16)15-31-25(33)22(30-24(32)19-9-11-34-12-10-19)14-27-26(31)29-20-7-8-21-23(13-20)35-17(2)28-21/h3-8,13-14,19H,9-12,15H2,1-2H3,(H,27,29)(H,30,32). The maximum atomic E-state index is 13.5. The van der Waals surface area contributed by atoms with Crippen molar-refractivity contribution < 1.29 is 9.53 Å². The molecule has 180 valence electrons. The quantitative estimate of drug-likeness (QED) is 0.410. The normalized spacial score (nSPS) is 14.2. The first-order chi connectivity index (χ1) is 17.0. The summed E-state index contributed by atoms with van der Waals surface area (Å²) in [7, 11) is 0. The smallest absolute Gasteiger partial charge is 0.279 e. The number of nitrogens with one attached hydrogen (secondary N) is 2. The van der Waals surface area contributed by atoms with Gasteiger partial charge >= 0.3 is 0 Å². The van der Waals surface area contributed by atoms with Gasteiger partial charge in [0.1, 0.15) is 5.69 Å². The van der Waals surface area contributed by atoms with Gasteiger partial charge in [-0.2, -0.15) is 0 Å². The maximum Gasteiger partial charge on any atom is 0.279 e. The van der Waals surface area contributed by atoms with Gasteiger partial charge in [0, 0.05) is 24.8 Å². The van der Waals surface area contributed by atoms with E-state index in [4.69, 9.17) is 4.74 Å². The third-order valence-corrected chi connectivity index (χ3v) is 7.04. The minimum atomic E-state index is -0.307. The molecule has 1 saturated heterocycles. The minimum absolute atomic E-state index is 0.166. The second-order valence-corrected chi connectivity index (χ2v) is 10.0. The van der Waals surface area contributed by atoms with E-state index in [1.807, 2.05) is 56.3 Å². The van der Waals surface area contributed by atoms with Gasteiger partial charge in [-0.25, -0.2) is 9.97 Å². The molecule has 0 saturated carbocycles. The molecular formula is C26H27N5O3S. The van der Waals surface area contributed by atoms with Crippen LogP contribution >= 0.6 is 11.3 Å². The Kier molecular flexibility index (Phi) is 6.61. The van der Waals surface area contributed by atoms with Crippen LogP contribution in [0, 0.1) is 19.8 Å². The van der Waals surface area contributed by atoms with Crippen LogP contribution in [0.3, 0.4) is 0 Å². The van der Waals surface area contributed by atoms with Crippen molar-refractivity contribution >= 4 is 44.8 Å². The SMILES string of the molecule is Cc1ccc(Cn2c(Nc3ccc4nc(C)sc4c3)ncc(NC(=O)C3CCOCC3)c2=O)cc1. The highest BCUT2D eigenvalue weighted by atomic mass is 32.1. The first-order valence-corrected chi connectivity index (χ1v) is 12.5. The molecule has 1 aliphatic rings. The first-order valence-electron chi connectivity index (χ1n) is 11.6. The van der Waals surface area contributed by atoms with Crippen LogP contribution in [0.25, 0.3) is 10.2 Å². The molecule has 2 N–H and O–H groups in total. The number of hydrogen-bond donors (Lipinski definition) is 2. The van der Waals surface area contributed by atoms with Crippen molar-refractivity contribution in [3.05, 3.63) is 75.1 Å². The fourth-order valence-electron chi connectivity index (χ4n) is 4.14. The lowest BCUT2D eigenvalue weighted by Crippen LogP contribution is -2.33. The Morgan fingerprint density at radius 3 is 2.69 bits per heavy atom. The highest BCUT2D eigenvalue weighted by molar-refractivity contribution is 7.18. The number of hydrogen-bond acceptors (Lipinski definition) is 7. The number of aromatic nitrogens is 3. The van der Waals surface area contributed by atoms with Crippen molar-refractivity contribution in [3.63, 3.8) is 0 Å². The molecule has 35 heavy (non-hydrogen) atoms. The summed E-state index contributed by atoms with van der Waals surface area (Å²) in [5.74, 6) is 0.0714. The molecule has 0 atom stereocenters. The van der Waals surface area contributed by atoms with E-state index < -0.39 is 0 Å². The van der Waals surface area contributed by atoms with Gasteiger partial charge < -0.3 is 15.4 Å². The number of anilines is 3. The van der Waals surface area contributed by atoms with Gasteiger partial charge in [0.15, 0.2) is 0 Å². The van der Waals surface area contributed by atoms with Gasteiger partial charge in [0.2, 0.25) is 11.9 Å². The van der Waals surface area contributed by atoms with Crippen LogP contribution < -0.4 is 16.2 Å². The van der Waals surface area contributed by atoms with Crippen molar-refractivity contribution in [2.45, 2.75) is 33.2 Å². The second-order valence-electron chi connectivity index (χ2n) is 8.79. The molecule has 0 spiro atoms. The van der Waals surface area contributed by atoms with Crippen LogP contribution in [-0.2, 0) is 16.1 Å². The maximum absolute atomic E-state index is 13.5. The molecule has 0 unspecified atom stereocenters. The molecule has 2 aromatic carbocycles. The molecule has 0 aliphatic carbocycles. The van der Waals surface area contributed by atoms with E-state index in [9.17, 15) is 9.59 Å². The summed E-state index contributed by atoms with van der Waals surface area (Å²) in [4.78, 5) is 35.3. The molecule has 2 aromatic heterocycles. The zero-order valence-electron chi connectivity index (χ0n) is 19.7. The summed E-state index contributed by atoms with van der Waals surface area (Å²) in [6, 6.07) is 13.9. The monoisotopic (exact) mass is 489 g/mol.